The van der Waals surface area contributed by atoms with Crippen molar-refractivity contribution in [2.24, 2.45) is 5.92 Å². The molecule has 2 heterocycles. The summed E-state index contributed by atoms with van der Waals surface area (Å²) in [4.78, 5) is 14.0. The maximum absolute atomic E-state index is 11.8. The predicted molar refractivity (Wildman–Crippen MR) is 82.3 cm³/mol. The number of hydrogen-bond acceptors (Lipinski definition) is 4. The van der Waals surface area contributed by atoms with Crippen LogP contribution < -0.4 is 4.74 Å². The molecule has 0 aromatic heterocycles. The SMILES string of the molecule is CC.COc1c(C)cccc1CN1CC[C@H]2COC(=O)[C@H]21. The molecule has 2 fully saturated rings. The second-order valence-electron chi connectivity index (χ2n) is 5.36. The van der Waals surface area contributed by atoms with Gasteiger partial charge in [0.05, 0.1) is 13.7 Å². The number of methoxy groups -OCH3 is 1. The fourth-order valence-corrected chi connectivity index (χ4v) is 3.24. The summed E-state index contributed by atoms with van der Waals surface area (Å²) in [7, 11) is 1.70. The Morgan fingerprint density at radius 2 is 2.14 bits per heavy atom. The molecule has 21 heavy (non-hydrogen) atoms. The topological polar surface area (TPSA) is 38.8 Å². The van der Waals surface area contributed by atoms with Crippen LogP contribution in [0.2, 0.25) is 0 Å². The molecule has 2 saturated heterocycles. The van der Waals surface area contributed by atoms with E-state index in [4.69, 9.17) is 9.47 Å². The third kappa shape index (κ3) is 3.05. The van der Waals surface area contributed by atoms with Crippen molar-refractivity contribution in [1.82, 2.24) is 4.90 Å². The van der Waals surface area contributed by atoms with Crippen molar-refractivity contribution in [3.05, 3.63) is 29.3 Å². The molecule has 0 amide bonds. The molecule has 4 heteroatoms. The number of cyclic esters (lactones) is 1. The van der Waals surface area contributed by atoms with E-state index in [-0.39, 0.29) is 12.0 Å². The lowest BCUT2D eigenvalue weighted by molar-refractivity contribution is -0.142. The zero-order valence-corrected chi connectivity index (χ0v) is 13.4. The Labute approximate surface area is 127 Å². The van der Waals surface area contributed by atoms with E-state index in [0.29, 0.717) is 12.5 Å². The van der Waals surface area contributed by atoms with Crippen molar-refractivity contribution < 1.29 is 14.3 Å². The van der Waals surface area contributed by atoms with Crippen molar-refractivity contribution in [3.63, 3.8) is 0 Å². The molecule has 2 aliphatic heterocycles. The fourth-order valence-electron chi connectivity index (χ4n) is 3.24. The second-order valence-corrected chi connectivity index (χ2v) is 5.36. The van der Waals surface area contributed by atoms with E-state index in [1.165, 1.54) is 0 Å². The number of benzene rings is 1. The van der Waals surface area contributed by atoms with Crippen LogP contribution in [0.25, 0.3) is 0 Å². The van der Waals surface area contributed by atoms with Crippen molar-refractivity contribution >= 4 is 5.97 Å². The van der Waals surface area contributed by atoms with Gasteiger partial charge in [0, 0.05) is 18.0 Å². The van der Waals surface area contributed by atoms with Gasteiger partial charge in [-0.3, -0.25) is 9.69 Å². The summed E-state index contributed by atoms with van der Waals surface area (Å²) in [6.45, 7) is 8.34. The Kier molecular flexibility index (Phi) is 5.23. The van der Waals surface area contributed by atoms with Crippen LogP contribution in [0.1, 0.15) is 31.4 Å². The van der Waals surface area contributed by atoms with Gasteiger partial charge < -0.3 is 9.47 Å². The zero-order valence-electron chi connectivity index (χ0n) is 13.4. The van der Waals surface area contributed by atoms with Gasteiger partial charge in [-0.1, -0.05) is 32.0 Å². The van der Waals surface area contributed by atoms with Gasteiger partial charge in [-0.15, -0.1) is 0 Å². The molecule has 0 spiro atoms. The molecule has 1 aromatic carbocycles. The number of ether oxygens (including phenoxy) is 2. The van der Waals surface area contributed by atoms with Crippen LogP contribution in [0, 0.1) is 12.8 Å². The summed E-state index contributed by atoms with van der Waals surface area (Å²) in [6.07, 6.45) is 1.05. The van der Waals surface area contributed by atoms with Crippen LogP contribution in [-0.4, -0.2) is 37.2 Å². The number of rotatable bonds is 3. The molecule has 2 atom stereocenters. The monoisotopic (exact) mass is 291 g/mol. The molecule has 2 aliphatic rings. The lowest BCUT2D eigenvalue weighted by atomic mass is 10.0. The van der Waals surface area contributed by atoms with Crippen molar-refractivity contribution in [3.8, 4) is 5.75 Å². The molecule has 0 radical (unpaired) electrons. The van der Waals surface area contributed by atoms with Crippen molar-refractivity contribution in [1.29, 1.82) is 0 Å². The number of carbonyl (C=O) groups is 1. The fraction of sp³-hybridized carbons (Fsp3) is 0.588. The average molecular weight is 291 g/mol. The Bertz CT molecular complexity index is 501. The standard InChI is InChI=1S/C15H19NO3.C2H6/c1-10-4-3-5-11(14(10)18-2)8-16-7-6-12-9-19-15(17)13(12)16;1-2/h3-5,12-13H,6-9H2,1-2H3;1-2H3/t12-,13-;/m0./s1. The Morgan fingerprint density at radius 1 is 1.38 bits per heavy atom. The van der Waals surface area contributed by atoms with Crippen molar-refractivity contribution in [2.75, 3.05) is 20.3 Å². The van der Waals surface area contributed by atoms with Gasteiger partial charge in [0.2, 0.25) is 0 Å². The second kappa shape index (κ2) is 6.94. The van der Waals surface area contributed by atoms with Crippen LogP contribution in [0.15, 0.2) is 18.2 Å². The van der Waals surface area contributed by atoms with Gasteiger partial charge in [0.15, 0.2) is 0 Å². The van der Waals surface area contributed by atoms with Crippen LogP contribution in [0.4, 0.5) is 0 Å². The molecule has 0 saturated carbocycles. The van der Waals surface area contributed by atoms with Crippen LogP contribution >= 0.6 is 0 Å². The van der Waals surface area contributed by atoms with Gasteiger partial charge in [-0.05, 0) is 25.5 Å². The summed E-state index contributed by atoms with van der Waals surface area (Å²) >= 11 is 0. The van der Waals surface area contributed by atoms with Crippen molar-refractivity contribution in [2.45, 2.75) is 39.8 Å². The van der Waals surface area contributed by atoms with E-state index in [2.05, 4.69) is 11.0 Å². The van der Waals surface area contributed by atoms with Crippen LogP contribution in [-0.2, 0) is 16.1 Å². The summed E-state index contributed by atoms with van der Waals surface area (Å²) in [5.74, 6) is 1.25. The minimum Gasteiger partial charge on any atom is -0.496 e. The van der Waals surface area contributed by atoms with Crippen LogP contribution in [0.3, 0.4) is 0 Å². The first-order valence-electron chi connectivity index (χ1n) is 7.74. The molecule has 1 aromatic rings. The summed E-state index contributed by atoms with van der Waals surface area (Å²) in [5, 5.41) is 0. The molecule has 116 valence electrons. The number of aryl methyl sites for hydroxylation is 1. The number of para-hydroxylation sites is 1. The minimum atomic E-state index is -0.0610. The highest BCUT2D eigenvalue weighted by Crippen LogP contribution is 2.33. The smallest absolute Gasteiger partial charge is 0.323 e. The Hall–Kier alpha value is -1.55. The quantitative estimate of drug-likeness (QED) is 0.803. The first-order chi connectivity index (χ1) is 10.2. The minimum absolute atomic E-state index is 0.0507. The average Bonchev–Trinajstić information content (AvgIpc) is 3.06. The first kappa shape index (κ1) is 15.8. The molecule has 4 nitrogen and oxygen atoms in total. The van der Waals surface area contributed by atoms with Gasteiger partial charge in [0.1, 0.15) is 11.8 Å². The molecule has 0 unspecified atom stereocenters. The maximum Gasteiger partial charge on any atom is 0.323 e. The highest BCUT2D eigenvalue weighted by molar-refractivity contribution is 5.78. The molecule has 3 rings (SSSR count). The third-order valence-corrected chi connectivity index (χ3v) is 4.18. The number of esters is 1. The lowest BCUT2D eigenvalue weighted by Gasteiger charge is -2.22. The predicted octanol–water partition coefficient (Wildman–Crippen LogP) is 2.78. The van der Waals surface area contributed by atoms with E-state index in [1.54, 1.807) is 7.11 Å². The number of hydrogen-bond donors (Lipinski definition) is 0. The maximum atomic E-state index is 11.8. The van der Waals surface area contributed by atoms with E-state index < -0.39 is 0 Å². The molecular weight excluding hydrogens is 266 g/mol. The van der Waals surface area contributed by atoms with E-state index >= 15 is 0 Å². The number of carbonyl (C=O) groups excluding carboxylic acids is 1. The van der Waals surface area contributed by atoms with E-state index in [9.17, 15) is 4.79 Å². The highest BCUT2D eigenvalue weighted by atomic mass is 16.5. The molecule has 0 N–H and O–H groups in total. The van der Waals surface area contributed by atoms with Gasteiger partial charge in [0.25, 0.3) is 0 Å². The van der Waals surface area contributed by atoms with E-state index in [1.807, 2.05) is 32.9 Å². The van der Waals surface area contributed by atoms with E-state index in [0.717, 1.165) is 36.4 Å². The largest absolute Gasteiger partial charge is 0.496 e. The first-order valence-corrected chi connectivity index (χ1v) is 7.74. The van der Waals surface area contributed by atoms with Gasteiger partial charge >= 0.3 is 5.97 Å². The Morgan fingerprint density at radius 3 is 2.86 bits per heavy atom. The third-order valence-electron chi connectivity index (χ3n) is 4.18. The summed E-state index contributed by atoms with van der Waals surface area (Å²) in [5.41, 5.74) is 2.27. The van der Waals surface area contributed by atoms with Gasteiger partial charge in [-0.25, -0.2) is 0 Å². The number of likely N-dealkylation sites (tertiary alicyclic amines) is 1. The van der Waals surface area contributed by atoms with Gasteiger partial charge in [-0.2, -0.15) is 0 Å². The van der Waals surface area contributed by atoms with Crippen LogP contribution in [0.5, 0.6) is 5.75 Å². The number of fused-ring (bicyclic) bond motifs is 1. The molecular formula is C17H25NO3. The molecule has 0 bridgehead atoms. The normalized spacial score (nSPS) is 24.1. The summed E-state index contributed by atoms with van der Waals surface area (Å²) in [6, 6.07) is 6.09. The highest BCUT2D eigenvalue weighted by Gasteiger charge is 2.45. The Balaban J connectivity index is 0.000000774. The summed E-state index contributed by atoms with van der Waals surface area (Å²) < 4.78 is 10.6. The lowest BCUT2D eigenvalue weighted by Crippen LogP contribution is -2.35. The number of nitrogens with zero attached hydrogens (tertiary/aromatic N) is 1. The zero-order chi connectivity index (χ0) is 15.4. The molecule has 0 aliphatic carbocycles.